The first kappa shape index (κ1) is 14.0. The highest BCUT2D eigenvalue weighted by molar-refractivity contribution is 7.91. The van der Waals surface area contributed by atoms with E-state index >= 15 is 0 Å². The molecule has 0 spiro atoms. The molecule has 0 aliphatic rings. The summed E-state index contributed by atoms with van der Waals surface area (Å²) in [6.07, 6.45) is 2.25. The molecule has 0 atom stereocenters. The maximum atomic E-state index is 11.5. The van der Waals surface area contributed by atoms with Crippen LogP contribution in [0.3, 0.4) is 0 Å². The summed E-state index contributed by atoms with van der Waals surface area (Å²) in [5, 5.41) is 2.82. The van der Waals surface area contributed by atoms with Crippen molar-refractivity contribution >= 4 is 25.4 Å². The first-order valence-electron chi connectivity index (χ1n) is 4.91. The molecular formula is C10H15NO4S2. The molecule has 0 amide bonds. The minimum absolute atomic E-state index is 0.0366. The number of anilines is 1. The van der Waals surface area contributed by atoms with Gasteiger partial charge in [-0.15, -0.1) is 0 Å². The molecule has 0 saturated heterocycles. The molecule has 0 heterocycles. The number of benzene rings is 1. The number of para-hydroxylation sites is 1. The van der Waals surface area contributed by atoms with E-state index in [2.05, 4.69) is 5.32 Å². The van der Waals surface area contributed by atoms with Crippen molar-refractivity contribution in [1.29, 1.82) is 0 Å². The summed E-state index contributed by atoms with van der Waals surface area (Å²) < 4.78 is 44.8. The second-order valence-corrected chi connectivity index (χ2v) is 8.07. The lowest BCUT2D eigenvalue weighted by Gasteiger charge is -2.09. The maximum Gasteiger partial charge on any atom is 0.177 e. The summed E-state index contributed by atoms with van der Waals surface area (Å²) in [6, 6.07) is 6.41. The van der Waals surface area contributed by atoms with Crippen LogP contribution in [-0.2, 0) is 19.7 Å². The molecule has 0 radical (unpaired) electrons. The van der Waals surface area contributed by atoms with Crippen LogP contribution in [0.15, 0.2) is 29.2 Å². The Morgan fingerprint density at radius 1 is 1.06 bits per heavy atom. The normalized spacial score (nSPS) is 12.4. The third-order valence-corrected chi connectivity index (χ3v) is 4.18. The van der Waals surface area contributed by atoms with Crippen LogP contribution < -0.4 is 5.32 Å². The molecule has 0 unspecified atom stereocenters. The first-order valence-corrected chi connectivity index (χ1v) is 8.86. The van der Waals surface area contributed by atoms with E-state index in [1.807, 2.05) is 0 Å². The monoisotopic (exact) mass is 277 g/mol. The SMILES string of the molecule is CS(=O)(=O)CCNc1ccccc1S(C)(=O)=O. The van der Waals surface area contributed by atoms with E-state index in [4.69, 9.17) is 0 Å². The van der Waals surface area contributed by atoms with Crippen molar-refractivity contribution in [1.82, 2.24) is 0 Å². The van der Waals surface area contributed by atoms with E-state index in [-0.39, 0.29) is 17.2 Å². The maximum absolute atomic E-state index is 11.5. The molecule has 1 rings (SSSR count). The molecule has 0 aromatic heterocycles. The summed E-state index contributed by atoms with van der Waals surface area (Å²) >= 11 is 0. The quantitative estimate of drug-likeness (QED) is 0.850. The van der Waals surface area contributed by atoms with E-state index in [1.54, 1.807) is 18.2 Å². The van der Waals surface area contributed by atoms with Gasteiger partial charge in [0.15, 0.2) is 9.84 Å². The summed E-state index contributed by atoms with van der Waals surface area (Å²) in [6.45, 7) is 0.186. The van der Waals surface area contributed by atoms with E-state index in [9.17, 15) is 16.8 Å². The van der Waals surface area contributed by atoms with Crippen molar-refractivity contribution in [3.05, 3.63) is 24.3 Å². The summed E-state index contributed by atoms with van der Waals surface area (Å²) in [4.78, 5) is 0.175. The summed E-state index contributed by atoms with van der Waals surface area (Å²) in [5.74, 6) is -0.0366. The van der Waals surface area contributed by atoms with Crippen LogP contribution in [0.25, 0.3) is 0 Å². The minimum atomic E-state index is -3.31. The van der Waals surface area contributed by atoms with Crippen molar-refractivity contribution in [2.75, 3.05) is 30.1 Å². The van der Waals surface area contributed by atoms with Crippen LogP contribution in [0.1, 0.15) is 0 Å². The zero-order chi connectivity index (χ0) is 13.1. The molecule has 1 N–H and O–H groups in total. The standard InChI is InChI=1S/C10H15NO4S2/c1-16(12,13)8-7-11-9-5-3-4-6-10(9)17(2,14)15/h3-6,11H,7-8H2,1-2H3. The lowest BCUT2D eigenvalue weighted by atomic mass is 10.3. The Morgan fingerprint density at radius 2 is 1.65 bits per heavy atom. The third kappa shape index (κ3) is 4.74. The minimum Gasteiger partial charge on any atom is -0.383 e. The molecular weight excluding hydrogens is 262 g/mol. The topological polar surface area (TPSA) is 80.3 Å². The fourth-order valence-electron chi connectivity index (χ4n) is 1.31. The van der Waals surface area contributed by atoms with Gasteiger partial charge in [-0.25, -0.2) is 16.8 Å². The van der Waals surface area contributed by atoms with E-state index in [0.29, 0.717) is 5.69 Å². The Hall–Kier alpha value is -1.08. The molecule has 17 heavy (non-hydrogen) atoms. The van der Waals surface area contributed by atoms with Gasteiger partial charge < -0.3 is 5.32 Å². The molecule has 1 aromatic carbocycles. The van der Waals surface area contributed by atoms with Crippen LogP contribution in [0.2, 0.25) is 0 Å². The Labute approximate surface area is 102 Å². The van der Waals surface area contributed by atoms with Gasteiger partial charge in [-0.2, -0.15) is 0 Å². The largest absolute Gasteiger partial charge is 0.383 e. The average Bonchev–Trinajstić information content (AvgIpc) is 2.15. The van der Waals surface area contributed by atoms with Gasteiger partial charge in [-0.3, -0.25) is 0 Å². The van der Waals surface area contributed by atoms with Crippen molar-refractivity contribution in [2.24, 2.45) is 0 Å². The van der Waals surface area contributed by atoms with Crippen LogP contribution in [0.4, 0.5) is 5.69 Å². The zero-order valence-corrected chi connectivity index (χ0v) is 11.3. The predicted molar refractivity (Wildman–Crippen MR) is 67.8 cm³/mol. The highest BCUT2D eigenvalue weighted by atomic mass is 32.2. The van der Waals surface area contributed by atoms with Gasteiger partial charge >= 0.3 is 0 Å². The Bertz CT molecular complexity index is 590. The van der Waals surface area contributed by atoms with E-state index in [0.717, 1.165) is 12.5 Å². The van der Waals surface area contributed by atoms with Crippen molar-refractivity contribution in [3.8, 4) is 0 Å². The molecule has 5 nitrogen and oxygen atoms in total. The Balaban J connectivity index is 2.86. The Kier molecular flexibility index (Phi) is 4.16. The number of hydrogen-bond acceptors (Lipinski definition) is 5. The molecule has 0 fully saturated rings. The lowest BCUT2D eigenvalue weighted by Crippen LogP contribution is -2.15. The zero-order valence-electron chi connectivity index (χ0n) is 9.67. The van der Waals surface area contributed by atoms with Crippen LogP contribution >= 0.6 is 0 Å². The van der Waals surface area contributed by atoms with Gasteiger partial charge in [0, 0.05) is 19.1 Å². The number of nitrogens with one attached hydrogen (secondary N) is 1. The molecule has 1 aromatic rings. The summed E-state index contributed by atoms with van der Waals surface area (Å²) in [5.41, 5.74) is 0.429. The highest BCUT2D eigenvalue weighted by Gasteiger charge is 2.12. The smallest absolute Gasteiger partial charge is 0.177 e. The molecule has 0 bridgehead atoms. The fraction of sp³-hybridized carbons (Fsp3) is 0.400. The molecule has 7 heteroatoms. The predicted octanol–water partition coefficient (Wildman–Crippen LogP) is 0.547. The number of hydrogen-bond donors (Lipinski definition) is 1. The first-order chi connectivity index (χ1) is 7.70. The van der Waals surface area contributed by atoms with Crippen molar-refractivity contribution < 1.29 is 16.8 Å². The highest BCUT2D eigenvalue weighted by Crippen LogP contribution is 2.20. The van der Waals surface area contributed by atoms with Crippen LogP contribution in [-0.4, -0.2) is 41.6 Å². The van der Waals surface area contributed by atoms with E-state index in [1.165, 1.54) is 6.07 Å². The van der Waals surface area contributed by atoms with Crippen LogP contribution in [0, 0.1) is 0 Å². The third-order valence-electron chi connectivity index (χ3n) is 2.07. The van der Waals surface area contributed by atoms with Gasteiger partial charge in [0.25, 0.3) is 0 Å². The van der Waals surface area contributed by atoms with Crippen LogP contribution in [0.5, 0.6) is 0 Å². The van der Waals surface area contributed by atoms with Gasteiger partial charge in [0.05, 0.1) is 16.3 Å². The number of sulfone groups is 2. The molecule has 0 aliphatic carbocycles. The second kappa shape index (κ2) is 5.05. The number of rotatable bonds is 5. The Morgan fingerprint density at radius 3 is 2.18 bits per heavy atom. The van der Waals surface area contributed by atoms with Crippen molar-refractivity contribution in [2.45, 2.75) is 4.90 Å². The average molecular weight is 277 g/mol. The molecule has 0 aliphatic heterocycles. The fourth-order valence-corrected chi connectivity index (χ4v) is 2.65. The summed E-state index contributed by atoms with van der Waals surface area (Å²) in [7, 11) is -6.37. The van der Waals surface area contributed by atoms with Gasteiger partial charge in [0.2, 0.25) is 0 Å². The second-order valence-electron chi connectivity index (χ2n) is 3.82. The van der Waals surface area contributed by atoms with E-state index < -0.39 is 19.7 Å². The van der Waals surface area contributed by atoms with Gasteiger partial charge in [0.1, 0.15) is 9.84 Å². The lowest BCUT2D eigenvalue weighted by molar-refractivity contribution is 0.601. The molecule has 96 valence electrons. The van der Waals surface area contributed by atoms with Gasteiger partial charge in [-0.05, 0) is 12.1 Å². The van der Waals surface area contributed by atoms with Crippen molar-refractivity contribution in [3.63, 3.8) is 0 Å². The molecule has 0 saturated carbocycles. The van der Waals surface area contributed by atoms with Gasteiger partial charge in [-0.1, -0.05) is 12.1 Å².